The number of hydrogen-bond donors (Lipinski definition) is 3. The Labute approximate surface area is 151 Å². The minimum absolute atomic E-state index is 0.224. The van der Waals surface area contributed by atoms with Gasteiger partial charge in [0.25, 0.3) is 11.8 Å². The predicted molar refractivity (Wildman–Crippen MR) is 97.8 cm³/mol. The number of carbonyl (C=O) groups excluding carboxylic acids is 3. The Bertz CT molecular complexity index is 813. The van der Waals surface area contributed by atoms with Crippen molar-refractivity contribution in [2.24, 2.45) is 0 Å². The van der Waals surface area contributed by atoms with Crippen LogP contribution in [-0.4, -0.2) is 24.3 Å². The summed E-state index contributed by atoms with van der Waals surface area (Å²) < 4.78 is 5.52. The van der Waals surface area contributed by atoms with Gasteiger partial charge >= 0.3 is 0 Å². The molecule has 0 aliphatic rings. The third kappa shape index (κ3) is 5.34. The Hall–Kier alpha value is -3.35. The van der Waals surface area contributed by atoms with Crippen LogP contribution >= 0.6 is 0 Å². The molecule has 7 nitrogen and oxygen atoms in total. The molecule has 0 atom stereocenters. The third-order valence-corrected chi connectivity index (χ3v) is 3.52. The molecule has 2 rings (SSSR count). The number of nitrogens with one attached hydrogen (secondary N) is 3. The van der Waals surface area contributed by atoms with Crippen molar-refractivity contribution in [2.75, 3.05) is 11.9 Å². The van der Waals surface area contributed by atoms with Crippen LogP contribution < -0.4 is 20.9 Å². The molecule has 2 aromatic rings. The second kappa shape index (κ2) is 8.66. The lowest BCUT2D eigenvalue weighted by Gasteiger charge is -2.12. The van der Waals surface area contributed by atoms with Crippen molar-refractivity contribution in [3.05, 3.63) is 59.2 Å². The zero-order chi connectivity index (χ0) is 19.1. The summed E-state index contributed by atoms with van der Waals surface area (Å²) in [6, 6.07) is 12.1. The van der Waals surface area contributed by atoms with E-state index in [9.17, 15) is 14.4 Å². The molecule has 0 fully saturated rings. The van der Waals surface area contributed by atoms with Gasteiger partial charge in [-0.15, -0.1) is 0 Å². The zero-order valence-corrected chi connectivity index (χ0v) is 14.9. The summed E-state index contributed by atoms with van der Waals surface area (Å²) in [7, 11) is 0. The van der Waals surface area contributed by atoms with Crippen molar-refractivity contribution < 1.29 is 19.1 Å². The second-order valence-electron chi connectivity index (χ2n) is 5.77. The molecule has 136 valence electrons. The quantitative estimate of drug-likeness (QED) is 0.716. The van der Waals surface area contributed by atoms with Gasteiger partial charge in [-0.05, 0) is 43.2 Å². The molecule has 0 unspecified atom stereocenters. The fourth-order valence-electron chi connectivity index (χ4n) is 2.34. The predicted octanol–water partition coefficient (Wildman–Crippen LogP) is 2.10. The first-order valence-electron chi connectivity index (χ1n) is 8.02. The van der Waals surface area contributed by atoms with Crippen molar-refractivity contribution in [1.82, 2.24) is 10.9 Å². The molecule has 26 heavy (non-hydrogen) atoms. The van der Waals surface area contributed by atoms with Crippen molar-refractivity contribution >= 4 is 23.4 Å². The Kier molecular flexibility index (Phi) is 6.32. The molecule has 0 heterocycles. The smallest absolute Gasteiger partial charge is 0.276 e. The van der Waals surface area contributed by atoms with Gasteiger partial charge in [0.2, 0.25) is 5.91 Å². The van der Waals surface area contributed by atoms with Gasteiger partial charge < -0.3 is 10.1 Å². The first-order chi connectivity index (χ1) is 12.4. The topological polar surface area (TPSA) is 96.5 Å². The maximum absolute atomic E-state index is 12.1. The van der Waals surface area contributed by atoms with E-state index in [-0.39, 0.29) is 12.5 Å². The summed E-state index contributed by atoms with van der Waals surface area (Å²) in [5.41, 5.74) is 7.26. The minimum atomic E-state index is -0.502. The minimum Gasteiger partial charge on any atom is -0.483 e. The number of anilines is 1. The van der Waals surface area contributed by atoms with Crippen LogP contribution in [0.3, 0.4) is 0 Å². The summed E-state index contributed by atoms with van der Waals surface area (Å²) >= 11 is 0. The van der Waals surface area contributed by atoms with E-state index in [0.717, 1.165) is 11.1 Å². The van der Waals surface area contributed by atoms with E-state index >= 15 is 0 Å². The van der Waals surface area contributed by atoms with Crippen LogP contribution in [-0.2, 0) is 9.59 Å². The van der Waals surface area contributed by atoms with Crippen LogP contribution in [0.25, 0.3) is 0 Å². The number of hydrazine groups is 1. The Balaban J connectivity index is 1.87. The number of amides is 3. The number of benzene rings is 2. The monoisotopic (exact) mass is 355 g/mol. The number of hydrogen-bond acceptors (Lipinski definition) is 4. The molecule has 0 saturated carbocycles. The van der Waals surface area contributed by atoms with Gasteiger partial charge in [0, 0.05) is 18.2 Å². The van der Waals surface area contributed by atoms with Crippen LogP contribution in [0, 0.1) is 13.8 Å². The zero-order valence-electron chi connectivity index (χ0n) is 14.9. The summed E-state index contributed by atoms with van der Waals surface area (Å²) in [6.07, 6.45) is 0. The molecule has 0 saturated heterocycles. The standard InChI is InChI=1S/C19H21N3O4/c1-12-6-4-7-13(2)18(12)26-11-17(24)21-22-19(25)15-8-5-9-16(10-15)20-14(3)23/h4-10H,11H2,1-3H3,(H,20,23)(H,21,24)(H,22,25). The van der Waals surface area contributed by atoms with Gasteiger partial charge in [-0.1, -0.05) is 24.3 Å². The van der Waals surface area contributed by atoms with E-state index in [2.05, 4.69) is 16.2 Å². The molecule has 0 bridgehead atoms. The highest BCUT2D eigenvalue weighted by atomic mass is 16.5. The molecule has 0 aliphatic carbocycles. The van der Waals surface area contributed by atoms with Crippen LogP contribution in [0.1, 0.15) is 28.4 Å². The maximum atomic E-state index is 12.1. The van der Waals surface area contributed by atoms with Gasteiger partial charge in [-0.2, -0.15) is 0 Å². The number of ether oxygens (including phenoxy) is 1. The fraction of sp³-hybridized carbons (Fsp3) is 0.211. The number of para-hydroxylation sites is 1. The number of aryl methyl sites for hydroxylation is 2. The SMILES string of the molecule is CC(=O)Nc1cccc(C(=O)NNC(=O)COc2c(C)cccc2C)c1. The normalized spacial score (nSPS) is 9.96. The number of carbonyl (C=O) groups is 3. The molecule has 0 radical (unpaired) electrons. The maximum Gasteiger partial charge on any atom is 0.276 e. The van der Waals surface area contributed by atoms with Crippen LogP contribution in [0.2, 0.25) is 0 Å². The van der Waals surface area contributed by atoms with Crippen molar-refractivity contribution in [3.8, 4) is 5.75 Å². The molecule has 0 aromatic heterocycles. The van der Waals surface area contributed by atoms with Gasteiger partial charge in [0.15, 0.2) is 6.61 Å². The molecule has 2 aromatic carbocycles. The lowest BCUT2D eigenvalue weighted by Crippen LogP contribution is -2.43. The van der Waals surface area contributed by atoms with E-state index in [4.69, 9.17) is 4.74 Å². The first-order valence-corrected chi connectivity index (χ1v) is 8.02. The molecule has 7 heteroatoms. The Morgan fingerprint density at radius 2 is 1.62 bits per heavy atom. The summed E-state index contributed by atoms with van der Waals surface area (Å²) in [5, 5.41) is 2.59. The van der Waals surface area contributed by atoms with Crippen molar-refractivity contribution in [2.45, 2.75) is 20.8 Å². The summed E-state index contributed by atoms with van der Waals surface area (Å²) in [4.78, 5) is 35.0. The summed E-state index contributed by atoms with van der Waals surface area (Å²) in [5.74, 6) is -0.576. The molecule has 0 spiro atoms. The third-order valence-electron chi connectivity index (χ3n) is 3.52. The van der Waals surface area contributed by atoms with E-state index < -0.39 is 11.8 Å². The number of rotatable bonds is 5. The highest BCUT2D eigenvalue weighted by Gasteiger charge is 2.10. The second-order valence-corrected chi connectivity index (χ2v) is 5.77. The van der Waals surface area contributed by atoms with Gasteiger partial charge in [-0.3, -0.25) is 25.2 Å². The largest absolute Gasteiger partial charge is 0.483 e. The van der Waals surface area contributed by atoms with Gasteiger partial charge in [-0.25, -0.2) is 0 Å². The van der Waals surface area contributed by atoms with Crippen molar-refractivity contribution in [1.29, 1.82) is 0 Å². The van der Waals surface area contributed by atoms with Crippen molar-refractivity contribution in [3.63, 3.8) is 0 Å². The molecule has 3 N–H and O–H groups in total. The summed E-state index contributed by atoms with van der Waals surface area (Å²) in [6.45, 7) is 4.94. The average Bonchev–Trinajstić information content (AvgIpc) is 2.59. The van der Waals surface area contributed by atoms with Gasteiger partial charge in [0.1, 0.15) is 5.75 Å². The van der Waals surface area contributed by atoms with Crippen LogP contribution in [0.5, 0.6) is 5.75 Å². The fourth-order valence-corrected chi connectivity index (χ4v) is 2.34. The van der Waals surface area contributed by atoms with E-state index in [0.29, 0.717) is 17.0 Å². The highest BCUT2D eigenvalue weighted by Crippen LogP contribution is 2.21. The Morgan fingerprint density at radius 1 is 0.962 bits per heavy atom. The van der Waals surface area contributed by atoms with Crippen LogP contribution in [0.4, 0.5) is 5.69 Å². The molecule has 0 aliphatic heterocycles. The first kappa shape index (κ1) is 19.0. The van der Waals surface area contributed by atoms with Crippen LogP contribution in [0.15, 0.2) is 42.5 Å². The lowest BCUT2D eigenvalue weighted by atomic mass is 10.1. The van der Waals surface area contributed by atoms with E-state index in [1.807, 2.05) is 32.0 Å². The lowest BCUT2D eigenvalue weighted by molar-refractivity contribution is -0.123. The molecular formula is C19H21N3O4. The van der Waals surface area contributed by atoms with E-state index in [1.54, 1.807) is 18.2 Å². The molecule has 3 amide bonds. The average molecular weight is 355 g/mol. The van der Waals surface area contributed by atoms with E-state index in [1.165, 1.54) is 13.0 Å². The Morgan fingerprint density at radius 3 is 2.27 bits per heavy atom. The molecular weight excluding hydrogens is 334 g/mol. The van der Waals surface area contributed by atoms with Gasteiger partial charge in [0.05, 0.1) is 0 Å². The highest BCUT2D eigenvalue weighted by molar-refractivity contribution is 5.97.